The Balaban J connectivity index is 2.19. The van der Waals surface area contributed by atoms with Crippen LogP contribution in [-0.4, -0.2) is 9.97 Å². The van der Waals surface area contributed by atoms with Crippen LogP contribution in [0.25, 0.3) is 22.2 Å². The maximum atomic E-state index is 11.1. The second kappa shape index (κ2) is 4.27. The number of rotatable bonds is 1. The Morgan fingerprint density at radius 2 is 1.89 bits per heavy atom. The first-order chi connectivity index (χ1) is 8.72. The van der Waals surface area contributed by atoms with Gasteiger partial charge in [-0.25, -0.2) is 4.98 Å². The van der Waals surface area contributed by atoms with Crippen LogP contribution in [0.15, 0.2) is 53.5 Å². The van der Waals surface area contributed by atoms with Gasteiger partial charge >= 0.3 is 0 Å². The van der Waals surface area contributed by atoms with Crippen molar-refractivity contribution in [1.29, 1.82) is 0 Å². The summed E-state index contributed by atoms with van der Waals surface area (Å²) in [7, 11) is 0. The van der Waals surface area contributed by atoms with Crippen LogP contribution >= 0.6 is 11.6 Å². The van der Waals surface area contributed by atoms with Gasteiger partial charge in [-0.05, 0) is 35.4 Å². The first kappa shape index (κ1) is 11.0. The second-order valence-corrected chi connectivity index (χ2v) is 4.43. The lowest BCUT2D eigenvalue weighted by Crippen LogP contribution is -2.04. The highest BCUT2D eigenvalue weighted by atomic mass is 35.5. The summed E-state index contributed by atoms with van der Waals surface area (Å²) in [5.74, 6) is 0. The molecule has 0 saturated heterocycles. The maximum Gasteiger partial charge on any atom is 0.266 e. The number of hydrogen-bond acceptors (Lipinski definition) is 2. The minimum Gasteiger partial charge on any atom is -0.319 e. The van der Waals surface area contributed by atoms with Gasteiger partial charge in [-0.1, -0.05) is 29.8 Å². The summed E-state index contributed by atoms with van der Waals surface area (Å²) in [5, 5.41) is 0.696. The molecule has 0 bridgehead atoms. The molecule has 4 heteroatoms. The molecule has 88 valence electrons. The SMILES string of the molecule is O=c1cnc2cc(-c3cccc(Cl)c3)ccc2[nH]1. The van der Waals surface area contributed by atoms with Crippen LogP contribution in [0.3, 0.4) is 0 Å². The van der Waals surface area contributed by atoms with E-state index in [4.69, 9.17) is 11.6 Å². The number of nitrogens with zero attached hydrogens (tertiary/aromatic N) is 1. The molecule has 0 amide bonds. The van der Waals surface area contributed by atoms with E-state index in [0.29, 0.717) is 5.02 Å². The summed E-state index contributed by atoms with van der Waals surface area (Å²) in [4.78, 5) is 18.0. The van der Waals surface area contributed by atoms with Crippen molar-refractivity contribution in [2.75, 3.05) is 0 Å². The largest absolute Gasteiger partial charge is 0.319 e. The number of hydrogen-bond donors (Lipinski definition) is 1. The molecule has 0 radical (unpaired) electrons. The van der Waals surface area contributed by atoms with Crippen LogP contribution in [0.2, 0.25) is 5.02 Å². The molecule has 0 fully saturated rings. The molecule has 3 rings (SSSR count). The summed E-state index contributed by atoms with van der Waals surface area (Å²) in [6.45, 7) is 0. The molecule has 0 aliphatic carbocycles. The van der Waals surface area contributed by atoms with Crippen molar-refractivity contribution in [3.8, 4) is 11.1 Å². The molecule has 2 aromatic carbocycles. The zero-order chi connectivity index (χ0) is 12.5. The van der Waals surface area contributed by atoms with Crippen molar-refractivity contribution in [1.82, 2.24) is 9.97 Å². The van der Waals surface area contributed by atoms with Crippen LogP contribution in [0.4, 0.5) is 0 Å². The standard InChI is InChI=1S/C14H9ClN2O/c15-11-3-1-2-9(6-11)10-4-5-12-13(7-10)16-8-14(18)17-12/h1-8H,(H,17,18). The van der Waals surface area contributed by atoms with Gasteiger partial charge in [-0.3, -0.25) is 4.79 Å². The monoisotopic (exact) mass is 256 g/mol. The molecule has 0 aliphatic rings. The van der Waals surface area contributed by atoms with Crippen molar-refractivity contribution < 1.29 is 0 Å². The highest BCUT2D eigenvalue weighted by Gasteiger charge is 2.01. The number of aromatic amines is 1. The minimum atomic E-state index is -0.196. The lowest BCUT2D eigenvalue weighted by Gasteiger charge is -2.03. The normalized spacial score (nSPS) is 10.7. The highest BCUT2D eigenvalue weighted by molar-refractivity contribution is 6.30. The Morgan fingerprint density at radius 1 is 1.06 bits per heavy atom. The molecular weight excluding hydrogens is 248 g/mol. The van der Waals surface area contributed by atoms with Gasteiger partial charge in [0.25, 0.3) is 5.56 Å². The zero-order valence-electron chi connectivity index (χ0n) is 9.35. The summed E-state index contributed by atoms with van der Waals surface area (Å²) >= 11 is 5.97. The van der Waals surface area contributed by atoms with Crippen LogP contribution in [0, 0.1) is 0 Å². The van der Waals surface area contributed by atoms with Gasteiger partial charge in [0.2, 0.25) is 0 Å². The molecular formula is C14H9ClN2O. The van der Waals surface area contributed by atoms with Crippen LogP contribution in [-0.2, 0) is 0 Å². The van der Waals surface area contributed by atoms with Gasteiger partial charge < -0.3 is 4.98 Å². The Kier molecular flexibility index (Phi) is 2.61. The van der Waals surface area contributed by atoms with Crippen molar-refractivity contribution in [3.05, 3.63) is 64.0 Å². The van der Waals surface area contributed by atoms with E-state index in [2.05, 4.69) is 9.97 Å². The number of nitrogens with one attached hydrogen (secondary N) is 1. The molecule has 0 spiro atoms. The number of benzene rings is 2. The average molecular weight is 257 g/mol. The third-order valence-corrected chi connectivity index (χ3v) is 2.97. The first-order valence-corrected chi connectivity index (χ1v) is 5.85. The van der Waals surface area contributed by atoms with Crippen LogP contribution in [0.1, 0.15) is 0 Å². The topological polar surface area (TPSA) is 45.8 Å². The molecule has 0 unspecified atom stereocenters. The number of fused-ring (bicyclic) bond motifs is 1. The quantitative estimate of drug-likeness (QED) is 0.726. The molecule has 1 aromatic heterocycles. The van der Waals surface area contributed by atoms with E-state index in [1.807, 2.05) is 42.5 Å². The molecule has 1 heterocycles. The van der Waals surface area contributed by atoms with Crippen molar-refractivity contribution in [2.24, 2.45) is 0 Å². The Labute approximate surface area is 108 Å². The van der Waals surface area contributed by atoms with Gasteiger partial charge in [0.05, 0.1) is 17.2 Å². The summed E-state index contributed by atoms with van der Waals surface area (Å²) in [5.41, 5.74) is 3.33. The fraction of sp³-hybridized carbons (Fsp3) is 0. The predicted molar refractivity (Wildman–Crippen MR) is 72.8 cm³/mol. The fourth-order valence-corrected chi connectivity index (χ4v) is 2.08. The lowest BCUT2D eigenvalue weighted by atomic mass is 10.1. The van der Waals surface area contributed by atoms with Gasteiger partial charge in [0.1, 0.15) is 0 Å². The zero-order valence-corrected chi connectivity index (χ0v) is 10.1. The molecule has 0 saturated carbocycles. The van der Waals surface area contributed by atoms with E-state index < -0.39 is 0 Å². The molecule has 18 heavy (non-hydrogen) atoms. The van der Waals surface area contributed by atoms with E-state index in [0.717, 1.165) is 22.2 Å². The van der Waals surface area contributed by atoms with Crippen molar-refractivity contribution in [2.45, 2.75) is 0 Å². The number of halogens is 1. The van der Waals surface area contributed by atoms with Gasteiger partial charge in [-0.2, -0.15) is 0 Å². The Morgan fingerprint density at radius 3 is 2.72 bits per heavy atom. The Hall–Kier alpha value is -2.13. The summed E-state index contributed by atoms with van der Waals surface area (Å²) in [6, 6.07) is 13.3. The number of aromatic nitrogens is 2. The molecule has 1 N–H and O–H groups in total. The Bertz CT molecular complexity index is 780. The third kappa shape index (κ3) is 2.00. The van der Waals surface area contributed by atoms with Crippen molar-refractivity contribution in [3.63, 3.8) is 0 Å². The van der Waals surface area contributed by atoms with E-state index in [9.17, 15) is 4.79 Å². The summed E-state index contributed by atoms with van der Waals surface area (Å²) < 4.78 is 0. The van der Waals surface area contributed by atoms with E-state index in [-0.39, 0.29) is 5.56 Å². The molecule has 3 aromatic rings. The molecule has 0 atom stereocenters. The lowest BCUT2D eigenvalue weighted by molar-refractivity contribution is 1.22. The average Bonchev–Trinajstić information content (AvgIpc) is 2.38. The molecule has 3 nitrogen and oxygen atoms in total. The second-order valence-electron chi connectivity index (χ2n) is 3.99. The van der Waals surface area contributed by atoms with Gasteiger partial charge in [-0.15, -0.1) is 0 Å². The van der Waals surface area contributed by atoms with E-state index in [1.54, 1.807) is 0 Å². The smallest absolute Gasteiger partial charge is 0.266 e. The summed E-state index contributed by atoms with van der Waals surface area (Å²) in [6.07, 6.45) is 1.28. The van der Waals surface area contributed by atoms with E-state index >= 15 is 0 Å². The van der Waals surface area contributed by atoms with Crippen LogP contribution < -0.4 is 5.56 Å². The fourth-order valence-electron chi connectivity index (χ4n) is 1.88. The highest BCUT2D eigenvalue weighted by Crippen LogP contribution is 2.24. The van der Waals surface area contributed by atoms with Crippen molar-refractivity contribution >= 4 is 22.6 Å². The van der Waals surface area contributed by atoms with Crippen LogP contribution in [0.5, 0.6) is 0 Å². The van der Waals surface area contributed by atoms with E-state index in [1.165, 1.54) is 6.20 Å². The predicted octanol–water partition coefficient (Wildman–Crippen LogP) is 3.24. The molecule has 0 aliphatic heterocycles. The third-order valence-electron chi connectivity index (χ3n) is 2.73. The maximum absolute atomic E-state index is 11.1. The minimum absolute atomic E-state index is 0.196. The van der Waals surface area contributed by atoms with Gasteiger partial charge in [0, 0.05) is 5.02 Å². The van der Waals surface area contributed by atoms with Gasteiger partial charge in [0.15, 0.2) is 0 Å². The first-order valence-electron chi connectivity index (χ1n) is 5.47. The number of H-pyrrole nitrogens is 1.